The van der Waals surface area contributed by atoms with E-state index < -0.39 is 44.5 Å². The number of rotatable bonds is 12. The van der Waals surface area contributed by atoms with E-state index in [9.17, 15) is 33.3 Å². The Morgan fingerprint density at radius 3 is 1.11 bits per heavy atom. The van der Waals surface area contributed by atoms with Gasteiger partial charge in [-0.1, -0.05) is 20.8 Å². The minimum absolute atomic E-state index is 0.151. The molecule has 0 radical (unpaired) electrons. The predicted octanol–water partition coefficient (Wildman–Crippen LogP) is 4.08. The molecule has 0 aromatic rings. The van der Waals surface area contributed by atoms with Crippen LogP contribution in [0, 0.1) is 17.8 Å². The summed E-state index contributed by atoms with van der Waals surface area (Å²) >= 11 is 0. The second-order valence-electron chi connectivity index (χ2n) is 13.0. The Hall–Kier alpha value is -3.82. The number of nitrogens with one attached hydrogen (secondary N) is 3. The standard InChI is InChI=1S/C30H45N6O10P/c1-19-4-7-22(10-25(19)31-13-37)34-28(40)44-16-47(43,17-45-29(41)35-23-8-5-20(2)26(11-23)32-14-38)18-46-30(42)36-24-9-6-21(3)27(12-24)33-15-39/h19-27H,4-12,16-18H2,1-3H3,(H,34,40)(H,35,41)(H,36,42). The number of hydrogen-bond acceptors (Lipinski definition) is 13. The molecule has 3 amide bonds. The van der Waals surface area contributed by atoms with Crippen LogP contribution >= 0.6 is 7.14 Å². The first kappa shape index (κ1) is 37.6. The SMILES string of the molecule is CC1CCC(NC(=O)OCP(=O)(COC(=O)NC2CCC(C)C(N=C=O)C2)COC(=O)NC2CCC(C)C(N=C=O)C2)CC1N=C=O. The topological polar surface area (TPSA) is 220 Å². The summed E-state index contributed by atoms with van der Waals surface area (Å²) < 4.78 is 29.6. The van der Waals surface area contributed by atoms with Gasteiger partial charge in [-0.3, -0.25) is 0 Å². The van der Waals surface area contributed by atoms with Crippen LogP contribution in [0.1, 0.15) is 78.6 Å². The summed E-state index contributed by atoms with van der Waals surface area (Å²) in [6.45, 7) is 5.88. The number of isocyanates is 3. The Bertz CT molecular complexity index is 1150. The number of nitrogens with zero attached hydrogens (tertiary/aromatic N) is 3. The molecule has 0 bridgehead atoms. The molecule has 16 nitrogen and oxygen atoms in total. The molecule has 3 saturated carbocycles. The van der Waals surface area contributed by atoms with Crippen LogP contribution in [0.2, 0.25) is 0 Å². The van der Waals surface area contributed by atoms with Crippen molar-refractivity contribution in [2.24, 2.45) is 32.7 Å². The zero-order valence-electron chi connectivity index (χ0n) is 27.1. The molecular formula is C30H45N6O10P. The number of alkyl carbamates (subject to hydrolysis) is 3. The van der Waals surface area contributed by atoms with Crippen molar-refractivity contribution in [3.05, 3.63) is 0 Å². The Labute approximate surface area is 273 Å². The fraction of sp³-hybridized carbons (Fsp3) is 0.800. The summed E-state index contributed by atoms with van der Waals surface area (Å²) in [5, 5.41) is 8.07. The van der Waals surface area contributed by atoms with Crippen LogP contribution in [0.15, 0.2) is 15.0 Å². The van der Waals surface area contributed by atoms with E-state index in [1.807, 2.05) is 20.8 Å². The van der Waals surface area contributed by atoms with Crippen molar-refractivity contribution in [2.45, 2.75) is 115 Å². The first-order chi connectivity index (χ1) is 22.4. The zero-order valence-corrected chi connectivity index (χ0v) is 27.9. The van der Waals surface area contributed by atoms with Gasteiger partial charge in [0.2, 0.25) is 18.2 Å². The molecule has 0 aromatic carbocycles. The third-order valence-corrected chi connectivity index (χ3v) is 11.2. The lowest BCUT2D eigenvalue weighted by Crippen LogP contribution is -2.43. The fourth-order valence-corrected chi connectivity index (χ4v) is 7.58. The summed E-state index contributed by atoms with van der Waals surface area (Å²) in [6, 6.07) is -1.88. The molecule has 0 aliphatic heterocycles. The average molecular weight is 681 g/mol. The number of carbonyl (C=O) groups excluding carboxylic acids is 6. The number of carbonyl (C=O) groups is 3. The highest BCUT2D eigenvalue weighted by atomic mass is 31.2. The second-order valence-corrected chi connectivity index (χ2v) is 15.9. The molecule has 0 spiro atoms. The normalized spacial score (nSPS) is 31.5. The molecule has 9 unspecified atom stereocenters. The maximum Gasteiger partial charge on any atom is 0.407 e. The van der Waals surface area contributed by atoms with Gasteiger partial charge < -0.3 is 34.7 Å². The van der Waals surface area contributed by atoms with Gasteiger partial charge in [0.05, 0.1) is 18.1 Å². The van der Waals surface area contributed by atoms with Crippen molar-refractivity contribution in [2.75, 3.05) is 19.0 Å². The molecule has 3 N–H and O–H groups in total. The minimum atomic E-state index is -3.80. The van der Waals surface area contributed by atoms with Gasteiger partial charge in [-0.25, -0.2) is 43.7 Å². The molecule has 3 aliphatic carbocycles. The number of amides is 3. The lowest BCUT2D eigenvalue weighted by atomic mass is 9.83. The summed E-state index contributed by atoms with van der Waals surface area (Å²) in [7, 11) is -3.80. The van der Waals surface area contributed by atoms with Crippen molar-refractivity contribution < 1.29 is 47.5 Å². The largest absolute Gasteiger partial charge is 0.441 e. The van der Waals surface area contributed by atoms with Crippen LogP contribution in [-0.2, 0) is 33.2 Å². The van der Waals surface area contributed by atoms with Crippen LogP contribution in [-0.4, -0.2) is 91.8 Å². The van der Waals surface area contributed by atoms with Crippen molar-refractivity contribution in [3.63, 3.8) is 0 Å². The summed E-state index contributed by atoms with van der Waals surface area (Å²) in [5.41, 5.74) is 0. The Morgan fingerprint density at radius 2 is 0.851 bits per heavy atom. The molecule has 0 aromatic heterocycles. The van der Waals surface area contributed by atoms with Crippen LogP contribution in [0.4, 0.5) is 14.4 Å². The van der Waals surface area contributed by atoms with Crippen molar-refractivity contribution in [1.82, 2.24) is 16.0 Å². The Balaban J connectivity index is 1.58. The maximum atomic E-state index is 13.9. The molecule has 3 aliphatic rings. The van der Waals surface area contributed by atoms with Crippen LogP contribution < -0.4 is 16.0 Å². The van der Waals surface area contributed by atoms with E-state index in [0.717, 1.165) is 19.3 Å². The molecule has 0 saturated heterocycles. The quantitative estimate of drug-likeness (QED) is 0.116. The van der Waals surface area contributed by atoms with Crippen LogP contribution in [0.5, 0.6) is 0 Å². The minimum Gasteiger partial charge on any atom is -0.441 e. The highest BCUT2D eigenvalue weighted by Gasteiger charge is 2.34. The molecule has 9 atom stereocenters. The highest BCUT2D eigenvalue weighted by molar-refractivity contribution is 7.63. The molecule has 260 valence electrons. The van der Waals surface area contributed by atoms with E-state index in [0.29, 0.717) is 38.5 Å². The summed E-state index contributed by atoms with van der Waals surface area (Å²) in [4.78, 5) is 81.7. The highest BCUT2D eigenvalue weighted by Crippen LogP contribution is 2.46. The van der Waals surface area contributed by atoms with Gasteiger partial charge in [-0.05, 0) is 75.5 Å². The van der Waals surface area contributed by atoms with E-state index in [4.69, 9.17) is 14.2 Å². The first-order valence-electron chi connectivity index (χ1n) is 16.0. The average Bonchev–Trinajstić information content (AvgIpc) is 3.03. The predicted molar refractivity (Wildman–Crippen MR) is 167 cm³/mol. The molecule has 17 heteroatoms. The lowest BCUT2D eigenvalue weighted by Gasteiger charge is -2.32. The van der Waals surface area contributed by atoms with Gasteiger partial charge in [-0.15, -0.1) is 0 Å². The second kappa shape index (κ2) is 18.5. The summed E-state index contributed by atoms with van der Waals surface area (Å²) in [6.07, 6.45) is 5.28. The Morgan fingerprint density at radius 1 is 0.574 bits per heavy atom. The first-order valence-corrected chi connectivity index (χ1v) is 18.3. The van der Waals surface area contributed by atoms with Gasteiger partial charge in [0.25, 0.3) is 0 Å². The van der Waals surface area contributed by atoms with E-state index in [2.05, 4.69) is 30.9 Å². The van der Waals surface area contributed by atoms with E-state index in [1.165, 1.54) is 0 Å². The smallest absolute Gasteiger partial charge is 0.407 e. The van der Waals surface area contributed by atoms with E-state index >= 15 is 0 Å². The van der Waals surface area contributed by atoms with Crippen LogP contribution in [0.3, 0.4) is 0 Å². The summed E-state index contributed by atoms with van der Waals surface area (Å²) in [5.74, 6) is 0.454. The van der Waals surface area contributed by atoms with Crippen molar-refractivity contribution >= 4 is 43.7 Å². The van der Waals surface area contributed by atoms with Gasteiger partial charge >= 0.3 is 18.3 Å². The number of hydrogen-bond donors (Lipinski definition) is 3. The third kappa shape index (κ3) is 12.4. The van der Waals surface area contributed by atoms with E-state index in [-0.39, 0.29) is 54.0 Å². The number of aliphatic imine (C=N–C) groups is 3. The van der Waals surface area contributed by atoms with Crippen molar-refractivity contribution in [3.8, 4) is 0 Å². The third-order valence-electron chi connectivity index (χ3n) is 9.37. The van der Waals surface area contributed by atoms with Crippen LogP contribution in [0.25, 0.3) is 0 Å². The molecular weight excluding hydrogens is 635 g/mol. The Kier molecular flexibility index (Phi) is 14.8. The molecule has 3 rings (SSSR count). The monoisotopic (exact) mass is 680 g/mol. The molecule has 47 heavy (non-hydrogen) atoms. The van der Waals surface area contributed by atoms with Gasteiger partial charge in [0.15, 0.2) is 26.2 Å². The van der Waals surface area contributed by atoms with Crippen molar-refractivity contribution in [1.29, 1.82) is 0 Å². The molecule has 3 fully saturated rings. The van der Waals surface area contributed by atoms with E-state index in [1.54, 1.807) is 18.2 Å². The van der Waals surface area contributed by atoms with Gasteiger partial charge in [0.1, 0.15) is 0 Å². The fourth-order valence-electron chi connectivity index (χ4n) is 6.30. The zero-order chi connectivity index (χ0) is 34.4. The number of ether oxygens (including phenoxy) is 3. The lowest BCUT2D eigenvalue weighted by molar-refractivity contribution is 0.138. The maximum absolute atomic E-state index is 13.9. The molecule has 0 heterocycles. The van der Waals surface area contributed by atoms with Gasteiger partial charge in [0, 0.05) is 18.1 Å². The van der Waals surface area contributed by atoms with Gasteiger partial charge in [-0.2, -0.15) is 0 Å².